The summed E-state index contributed by atoms with van der Waals surface area (Å²) in [5, 5.41) is 22.1. The van der Waals surface area contributed by atoms with Crippen molar-refractivity contribution in [2.45, 2.75) is 44.6 Å². The zero-order valence-electron chi connectivity index (χ0n) is 14.4. The molecule has 1 aliphatic heterocycles. The minimum atomic E-state index is -0.930. The van der Waals surface area contributed by atoms with E-state index in [9.17, 15) is 10.1 Å². The summed E-state index contributed by atoms with van der Waals surface area (Å²) in [5.41, 5.74) is 2.62. The maximum absolute atomic E-state index is 10.8. The van der Waals surface area contributed by atoms with Crippen molar-refractivity contribution in [2.75, 3.05) is 0 Å². The van der Waals surface area contributed by atoms with Crippen molar-refractivity contribution in [2.24, 2.45) is 17.8 Å². The van der Waals surface area contributed by atoms with Crippen LogP contribution in [0.4, 0.5) is 0 Å². The second-order valence-electron chi connectivity index (χ2n) is 7.99. The lowest BCUT2D eigenvalue weighted by Crippen LogP contribution is -2.39. The van der Waals surface area contributed by atoms with Gasteiger partial charge in [-0.1, -0.05) is 13.3 Å². The highest BCUT2D eigenvalue weighted by molar-refractivity contribution is 6.52. The van der Waals surface area contributed by atoms with Crippen LogP contribution in [-0.4, -0.2) is 32.8 Å². The quantitative estimate of drug-likeness (QED) is 0.736. The number of fused-ring (bicyclic) bond motifs is 5. The van der Waals surface area contributed by atoms with E-state index in [0.29, 0.717) is 23.5 Å². The van der Waals surface area contributed by atoms with Crippen LogP contribution in [0.2, 0.25) is 0 Å². The van der Waals surface area contributed by atoms with Crippen LogP contribution in [0.25, 0.3) is 16.6 Å². The third kappa shape index (κ3) is 2.27. The second kappa shape index (κ2) is 5.35. The molecule has 5 rings (SSSR count). The molecule has 2 fully saturated rings. The molecular formula is C19H23BN2O3. The van der Waals surface area contributed by atoms with E-state index < -0.39 is 12.7 Å². The summed E-state index contributed by atoms with van der Waals surface area (Å²) >= 11 is 0. The van der Waals surface area contributed by atoms with Gasteiger partial charge < -0.3 is 19.8 Å². The summed E-state index contributed by atoms with van der Waals surface area (Å²) in [6, 6.07) is 2.03. The molecule has 3 heterocycles. The maximum Gasteiger partial charge on any atom is 0.552 e. The largest absolute Gasteiger partial charge is 0.552 e. The van der Waals surface area contributed by atoms with Gasteiger partial charge in [0.15, 0.2) is 0 Å². The molecule has 0 spiro atoms. The number of pyridine rings is 1. The molecule has 0 amide bonds. The summed E-state index contributed by atoms with van der Waals surface area (Å²) in [6.07, 6.45) is 8.33. The van der Waals surface area contributed by atoms with Gasteiger partial charge in [0.25, 0.3) is 0 Å². The molecule has 0 aromatic carbocycles. The number of aromatic amines is 1. The molecule has 0 saturated heterocycles. The standard InChI is InChI=1S/C19H23BN2O3/c1-2-11-7-19(23)5-3-12(8-19)16(11)14-9-20(24)25-15-10-22-18-13(17(14)15)4-6-21-18/h4,6,9-12,16,23-24H,2-3,5,7-8H2,1H3,(H,21,22)/t11-,12+,16+,19-/m1/s1. The number of aromatic nitrogens is 2. The smallest absolute Gasteiger partial charge is 0.531 e. The highest BCUT2D eigenvalue weighted by Crippen LogP contribution is 2.57. The molecule has 4 atom stereocenters. The van der Waals surface area contributed by atoms with Crippen LogP contribution in [0, 0.1) is 17.8 Å². The summed E-state index contributed by atoms with van der Waals surface area (Å²) in [4.78, 5) is 7.58. The Kier molecular flexibility index (Phi) is 3.31. The Labute approximate surface area is 147 Å². The highest BCUT2D eigenvalue weighted by atomic mass is 16.5. The Morgan fingerprint density at radius 2 is 2.32 bits per heavy atom. The molecule has 2 aliphatic carbocycles. The Morgan fingerprint density at radius 3 is 3.16 bits per heavy atom. The molecule has 2 saturated carbocycles. The van der Waals surface area contributed by atoms with Crippen molar-refractivity contribution >= 4 is 23.7 Å². The van der Waals surface area contributed by atoms with Gasteiger partial charge >= 0.3 is 7.12 Å². The number of aliphatic hydroxyl groups is 1. The van der Waals surface area contributed by atoms with E-state index >= 15 is 0 Å². The molecule has 2 bridgehead atoms. The zero-order chi connectivity index (χ0) is 17.2. The summed E-state index contributed by atoms with van der Waals surface area (Å²) in [7, 11) is -0.930. The lowest BCUT2D eigenvalue weighted by atomic mass is 9.63. The molecule has 2 aromatic heterocycles. The summed E-state index contributed by atoms with van der Waals surface area (Å²) < 4.78 is 5.65. The van der Waals surface area contributed by atoms with Crippen molar-refractivity contribution in [3.63, 3.8) is 0 Å². The molecule has 0 unspecified atom stereocenters. The normalized spacial score (nSPS) is 34.0. The molecule has 3 N–H and O–H groups in total. The summed E-state index contributed by atoms with van der Waals surface area (Å²) in [6.45, 7) is 2.21. The topological polar surface area (TPSA) is 78.4 Å². The van der Waals surface area contributed by atoms with Crippen molar-refractivity contribution in [3.8, 4) is 5.75 Å². The number of H-pyrrole nitrogens is 1. The molecule has 2 aromatic rings. The van der Waals surface area contributed by atoms with Gasteiger partial charge in [-0.3, -0.25) is 0 Å². The Morgan fingerprint density at radius 1 is 1.44 bits per heavy atom. The Hall–Kier alpha value is -1.79. The van der Waals surface area contributed by atoms with Crippen LogP contribution in [0.15, 0.2) is 24.4 Å². The lowest BCUT2D eigenvalue weighted by molar-refractivity contribution is -0.0136. The van der Waals surface area contributed by atoms with Crippen molar-refractivity contribution < 1.29 is 14.8 Å². The third-order valence-corrected chi connectivity index (χ3v) is 6.57. The summed E-state index contributed by atoms with van der Waals surface area (Å²) in [5.74, 6) is 3.79. The third-order valence-electron chi connectivity index (χ3n) is 6.57. The first-order chi connectivity index (χ1) is 12.1. The first-order valence-corrected chi connectivity index (χ1v) is 9.33. The number of hydrogen-bond donors (Lipinski definition) is 3. The molecule has 3 aliphatic rings. The Balaban J connectivity index is 1.67. The van der Waals surface area contributed by atoms with E-state index in [1.807, 2.05) is 18.2 Å². The van der Waals surface area contributed by atoms with Crippen molar-refractivity contribution in [1.82, 2.24) is 9.97 Å². The van der Waals surface area contributed by atoms with E-state index in [0.717, 1.165) is 48.7 Å². The zero-order valence-corrected chi connectivity index (χ0v) is 14.4. The number of allylic oxidation sites excluding steroid dienone is 1. The number of rotatable bonds is 2. The van der Waals surface area contributed by atoms with Crippen LogP contribution < -0.4 is 4.65 Å². The molecular weight excluding hydrogens is 315 g/mol. The van der Waals surface area contributed by atoms with E-state index in [2.05, 4.69) is 16.9 Å². The van der Waals surface area contributed by atoms with Crippen LogP contribution >= 0.6 is 0 Å². The van der Waals surface area contributed by atoms with Crippen LogP contribution in [0.3, 0.4) is 0 Å². The van der Waals surface area contributed by atoms with Crippen LogP contribution in [0.1, 0.15) is 44.6 Å². The Bertz CT molecular complexity index is 863. The molecule has 130 valence electrons. The first-order valence-electron chi connectivity index (χ1n) is 9.33. The number of hydrogen-bond acceptors (Lipinski definition) is 4. The fourth-order valence-electron chi connectivity index (χ4n) is 5.60. The number of nitrogens with zero attached hydrogens (tertiary/aromatic N) is 1. The van der Waals surface area contributed by atoms with Gasteiger partial charge in [0.1, 0.15) is 11.4 Å². The van der Waals surface area contributed by atoms with Crippen LogP contribution in [0.5, 0.6) is 5.75 Å². The number of nitrogens with one attached hydrogen (secondary N) is 1. The van der Waals surface area contributed by atoms with E-state index in [1.54, 1.807) is 6.20 Å². The van der Waals surface area contributed by atoms with Gasteiger partial charge in [-0.25, -0.2) is 4.98 Å². The molecule has 0 radical (unpaired) electrons. The maximum atomic E-state index is 10.8. The van der Waals surface area contributed by atoms with Gasteiger partial charge in [0.2, 0.25) is 0 Å². The predicted octanol–water partition coefficient (Wildman–Crippen LogP) is 2.94. The van der Waals surface area contributed by atoms with Gasteiger partial charge in [-0.05, 0) is 61.1 Å². The van der Waals surface area contributed by atoms with Crippen LogP contribution in [-0.2, 0) is 0 Å². The minimum Gasteiger partial charge on any atom is -0.531 e. The average Bonchev–Trinajstić information content (AvgIpc) is 3.18. The monoisotopic (exact) mass is 338 g/mol. The minimum absolute atomic E-state index is 0.352. The lowest BCUT2D eigenvalue weighted by Gasteiger charge is -2.42. The van der Waals surface area contributed by atoms with Crippen molar-refractivity contribution in [3.05, 3.63) is 30.0 Å². The van der Waals surface area contributed by atoms with E-state index in [4.69, 9.17) is 4.65 Å². The molecule has 25 heavy (non-hydrogen) atoms. The fraction of sp³-hybridized carbons (Fsp3) is 0.526. The van der Waals surface area contributed by atoms with Gasteiger partial charge in [-0.2, -0.15) is 0 Å². The van der Waals surface area contributed by atoms with Gasteiger partial charge in [0, 0.05) is 17.1 Å². The highest BCUT2D eigenvalue weighted by Gasteiger charge is 2.51. The molecule has 5 nitrogen and oxygen atoms in total. The van der Waals surface area contributed by atoms with Gasteiger partial charge in [0.05, 0.1) is 11.8 Å². The van der Waals surface area contributed by atoms with E-state index in [-0.39, 0.29) is 0 Å². The van der Waals surface area contributed by atoms with Crippen molar-refractivity contribution in [1.29, 1.82) is 0 Å². The SMILES string of the molecule is CC[C@@H]1C[C@]2(O)CC[C@@H](C2)[C@H]1C1=CB(O)Oc2cnc3[nH]ccc3c21. The average molecular weight is 338 g/mol. The molecule has 6 heteroatoms. The predicted molar refractivity (Wildman–Crippen MR) is 96.9 cm³/mol. The van der Waals surface area contributed by atoms with Gasteiger partial charge in [-0.15, -0.1) is 0 Å². The second-order valence-corrected chi connectivity index (χ2v) is 7.99. The van der Waals surface area contributed by atoms with E-state index in [1.165, 1.54) is 5.57 Å². The fourth-order valence-corrected chi connectivity index (χ4v) is 5.60. The first kappa shape index (κ1) is 15.5.